The quantitative estimate of drug-likeness (QED) is 0.849. The highest BCUT2D eigenvalue weighted by atomic mass is 19.4. The molecule has 7 heteroatoms. The summed E-state index contributed by atoms with van der Waals surface area (Å²) in [5.74, 6) is 0. The van der Waals surface area contributed by atoms with Crippen LogP contribution in [0.4, 0.5) is 18.9 Å². The number of halogens is 3. The lowest BCUT2D eigenvalue weighted by atomic mass is 10.0. The van der Waals surface area contributed by atoms with Crippen LogP contribution in [-0.4, -0.2) is 22.9 Å². The number of anilines is 1. The van der Waals surface area contributed by atoms with Gasteiger partial charge in [-0.2, -0.15) is 23.5 Å². The fourth-order valence-corrected chi connectivity index (χ4v) is 2.96. The standard InChI is InChI=1S/C16H15F3N4/c17-16(18,19)13-4-5-15(12(9-13)10-20)22-7-1-3-14(11-22)23-8-2-6-21-23/h2,4-6,8-9,14H,1,3,7,11H2. The summed E-state index contributed by atoms with van der Waals surface area (Å²) in [7, 11) is 0. The first kappa shape index (κ1) is 15.4. The Hall–Kier alpha value is -2.49. The smallest absolute Gasteiger partial charge is 0.368 e. The van der Waals surface area contributed by atoms with E-state index in [9.17, 15) is 18.4 Å². The summed E-state index contributed by atoms with van der Waals surface area (Å²) in [5, 5.41) is 13.5. The van der Waals surface area contributed by atoms with Gasteiger partial charge in [0.2, 0.25) is 0 Å². The van der Waals surface area contributed by atoms with Crippen LogP contribution < -0.4 is 4.90 Å². The van der Waals surface area contributed by atoms with E-state index in [-0.39, 0.29) is 11.6 Å². The normalized spacial score (nSPS) is 18.7. The van der Waals surface area contributed by atoms with Crippen LogP contribution in [-0.2, 0) is 6.18 Å². The largest absolute Gasteiger partial charge is 0.416 e. The molecule has 1 fully saturated rings. The topological polar surface area (TPSA) is 44.9 Å². The van der Waals surface area contributed by atoms with Gasteiger partial charge in [0.1, 0.15) is 6.07 Å². The molecule has 0 saturated carbocycles. The zero-order valence-corrected chi connectivity index (χ0v) is 12.3. The second-order valence-corrected chi connectivity index (χ2v) is 5.57. The molecule has 23 heavy (non-hydrogen) atoms. The van der Waals surface area contributed by atoms with Crippen molar-refractivity contribution in [2.45, 2.75) is 25.1 Å². The van der Waals surface area contributed by atoms with Crippen molar-refractivity contribution in [1.82, 2.24) is 9.78 Å². The average Bonchev–Trinajstić information content (AvgIpc) is 3.08. The predicted molar refractivity (Wildman–Crippen MR) is 78.9 cm³/mol. The lowest BCUT2D eigenvalue weighted by molar-refractivity contribution is -0.137. The molecule has 0 aliphatic carbocycles. The molecule has 2 aromatic rings. The number of hydrogen-bond donors (Lipinski definition) is 0. The van der Waals surface area contributed by atoms with Crippen LogP contribution in [0.2, 0.25) is 0 Å². The Morgan fingerprint density at radius 3 is 2.78 bits per heavy atom. The van der Waals surface area contributed by atoms with Gasteiger partial charge in [0.15, 0.2) is 0 Å². The summed E-state index contributed by atoms with van der Waals surface area (Å²) in [6.45, 7) is 1.35. The minimum Gasteiger partial charge on any atom is -0.368 e. The van der Waals surface area contributed by atoms with Crippen molar-refractivity contribution in [3.8, 4) is 6.07 Å². The third kappa shape index (κ3) is 3.16. The Kier molecular flexibility index (Phi) is 3.99. The highest BCUT2D eigenvalue weighted by Crippen LogP contribution is 2.34. The first-order valence-electron chi connectivity index (χ1n) is 7.34. The minimum atomic E-state index is -4.44. The molecule has 1 atom stereocenters. The fraction of sp³-hybridized carbons (Fsp3) is 0.375. The van der Waals surface area contributed by atoms with E-state index in [1.807, 2.05) is 27.9 Å². The van der Waals surface area contributed by atoms with Crippen molar-refractivity contribution in [3.05, 3.63) is 47.8 Å². The molecule has 1 unspecified atom stereocenters. The maximum atomic E-state index is 12.8. The van der Waals surface area contributed by atoms with Gasteiger partial charge >= 0.3 is 6.18 Å². The number of hydrogen-bond acceptors (Lipinski definition) is 3. The number of benzene rings is 1. The molecular weight excluding hydrogens is 305 g/mol. The van der Waals surface area contributed by atoms with Crippen LogP contribution in [0, 0.1) is 11.3 Å². The predicted octanol–water partition coefficient (Wildman–Crippen LogP) is 3.62. The van der Waals surface area contributed by atoms with Gasteiger partial charge in [0.05, 0.1) is 22.9 Å². The second-order valence-electron chi connectivity index (χ2n) is 5.57. The Balaban J connectivity index is 1.88. The van der Waals surface area contributed by atoms with E-state index in [0.29, 0.717) is 12.2 Å². The van der Waals surface area contributed by atoms with Crippen LogP contribution in [0.5, 0.6) is 0 Å². The van der Waals surface area contributed by atoms with E-state index in [4.69, 9.17) is 0 Å². The number of nitrogens with zero attached hydrogens (tertiary/aromatic N) is 4. The summed E-state index contributed by atoms with van der Waals surface area (Å²) in [6.07, 6.45) is 1.00. The molecule has 120 valence electrons. The van der Waals surface area contributed by atoms with Gasteiger partial charge in [-0.3, -0.25) is 4.68 Å². The minimum absolute atomic E-state index is 0.0564. The highest BCUT2D eigenvalue weighted by molar-refractivity contribution is 5.61. The number of aromatic nitrogens is 2. The lowest BCUT2D eigenvalue weighted by Gasteiger charge is -2.35. The van der Waals surface area contributed by atoms with E-state index in [1.165, 1.54) is 6.07 Å². The fourth-order valence-electron chi connectivity index (χ4n) is 2.96. The van der Waals surface area contributed by atoms with Crippen molar-refractivity contribution in [1.29, 1.82) is 5.26 Å². The SMILES string of the molecule is N#Cc1cc(C(F)(F)F)ccc1N1CCCC(n2cccn2)C1. The second kappa shape index (κ2) is 5.95. The number of rotatable bonds is 2. The monoisotopic (exact) mass is 320 g/mol. The first-order chi connectivity index (χ1) is 11.0. The van der Waals surface area contributed by atoms with Crippen LogP contribution in [0.25, 0.3) is 0 Å². The molecular formula is C16H15F3N4. The molecule has 1 saturated heterocycles. The van der Waals surface area contributed by atoms with Crippen LogP contribution >= 0.6 is 0 Å². The number of nitriles is 1. The van der Waals surface area contributed by atoms with Gasteiger partial charge in [-0.1, -0.05) is 0 Å². The van der Waals surface area contributed by atoms with E-state index in [1.54, 1.807) is 6.20 Å². The van der Waals surface area contributed by atoms with Crippen molar-refractivity contribution < 1.29 is 13.2 Å². The molecule has 0 amide bonds. The highest BCUT2D eigenvalue weighted by Gasteiger charge is 2.32. The summed E-state index contributed by atoms with van der Waals surface area (Å²) >= 11 is 0. The van der Waals surface area contributed by atoms with Gasteiger partial charge in [0.25, 0.3) is 0 Å². The van der Waals surface area contributed by atoms with Crippen molar-refractivity contribution in [3.63, 3.8) is 0 Å². The Morgan fingerprint density at radius 2 is 2.13 bits per heavy atom. The summed E-state index contributed by atoms with van der Waals surface area (Å²) in [5.41, 5.74) is -0.184. The molecule has 2 heterocycles. The van der Waals surface area contributed by atoms with Gasteiger partial charge in [-0.15, -0.1) is 0 Å². The molecule has 0 bridgehead atoms. The summed E-state index contributed by atoms with van der Waals surface area (Å²) < 4.78 is 40.2. The maximum absolute atomic E-state index is 12.8. The molecule has 0 radical (unpaired) electrons. The van der Waals surface area contributed by atoms with Crippen LogP contribution in [0.1, 0.15) is 30.0 Å². The molecule has 1 aromatic carbocycles. The summed E-state index contributed by atoms with van der Waals surface area (Å²) in [6, 6.07) is 7.25. The first-order valence-corrected chi connectivity index (χ1v) is 7.34. The van der Waals surface area contributed by atoms with Crippen molar-refractivity contribution in [2.24, 2.45) is 0 Å². The van der Waals surface area contributed by atoms with Crippen molar-refractivity contribution >= 4 is 5.69 Å². The zero-order valence-electron chi connectivity index (χ0n) is 12.3. The third-order valence-corrected chi connectivity index (χ3v) is 4.08. The molecule has 1 aromatic heterocycles. The van der Waals surface area contributed by atoms with Gasteiger partial charge in [-0.25, -0.2) is 0 Å². The number of alkyl halides is 3. The van der Waals surface area contributed by atoms with E-state index in [0.717, 1.165) is 31.5 Å². The molecule has 1 aliphatic heterocycles. The van der Waals surface area contributed by atoms with Crippen LogP contribution in [0.3, 0.4) is 0 Å². The lowest BCUT2D eigenvalue weighted by Crippen LogP contribution is -2.37. The van der Waals surface area contributed by atoms with Crippen molar-refractivity contribution in [2.75, 3.05) is 18.0 Å². The van der Waals surface area contributed by atoms with Crippen LogP contribution in [0.15, 0.2) is 36.7 Å². The summed E-state index contributed by atoms with van der Waals surface area (Å²) in [4.78, 5) is 1.97. The Labute approximate surface area is 131 Å². The third-order valence-electron chi connectivity index (χ3n) is 4.08. The van der Waals surface area contributed by atoms with Gasteiger partial charge in [-0.05, 0) is 37.1 Å². The van der Waals surface area contributed by atoms with E-state index < -0.39 is 11.7 Å². The molecule has 0 spiro atoms. The molecule has 1 aliphatic rings. The zero-order chi connectivity index (χ0) is 16.4. The molecule has 4 nitrogen and oxygen atoms in total. The van der Waals surface area contributed by atoms with Gasteiger partial charge in [0, 0.05) is 25.5 Å². The molecule has 3 rings (SSSR count). The maximum Gasteiger partial charge on any atom is 0.416 e. The Morgan fingerprint density at radius 1 is 1.30 bits per heavy atom. The Bertz CT molecular complexity index is 716. The van der Waals surface area contributed by atoms with E-state index in [2.05, 4.69) is 5.10 Å². The molecule has 0 N–H and O–H groups in total. The van der Waals surface area contributed by atoms with E-state index >= 15 is 0 Å². The van der Waals surface area contributed by atoms with Gasteiger partial charge < -0.3 is 4.90 Å². The number of piperidine rings is 1. The average molecular weight is 320 g/mol.